The maximum absolute atomic E-state index is 6.15. The molecule has 1 heterocycles. The Morgan fingerprint density at radius 1 is 1.30 bits per heavy atom. The molecule has 0 saturated carbocycles. The fraction of sp³-hybridized carbons (Fsp3) is 0.438. The molecule has 0 bridgehead atoms. The average Bonchev–Trinajstić information content (AvgIpc) is 2.63. The molecule has 1 aromatic carbocycles. The van der Waals surface area contributed by atoms with Crippen LogP contribution >= 0.6 is 0 Å². The third-order valence-electron chi connectivity index (χ3n) is 3.49. The summed E-state index contributed by atoms with van der Waals surface area (Å²) in [5, 5.41) is 4.39. The Labute approximate surface area is 120 Å². The van der Waals surface area contributed by atoms with Crippen molar-refractivity contribution in [2.24, 2.45) is 12.8 Å². The molecule has 0 aliphatic heterocycles. The second-order valence-corrected chi connectivity index (χ2v) is 5.49. The second kappa shape index (κ2) is 5.67. The first-order chi connectivity index (χ1) is 9.43. The zero-order valence-corrected chi connectivity index (χ0v) is 12.9. The molecule has 2 aromatic rings. The molecular weight excluding hydrogens is 250 g/mol. The summed E-state index contributed by atoms with van der Waals surface area (Å²) in [5.41, 5.74) is 10.1. The van der Waals surface area contributed by atoms with Crippen molar-refractivity contribution in [3.63, 3.8) is 0 Å². The van der Waals surface area contributed by atoms with Gasteiger partial charge in [-0.25, -0.2) is 4.68 Å². The summed E-state index contributed by atoms with van der Waals surface area (Å²) in [4.78, 5) is 0. The van der Waals surface area contributed by atoms with Crippen molar-refractivity contribution in [2.75, 3.05) is 0 Å². The summed E-state index contributed by atoms with van der Waals surface area (Å²) in [7, 11) is 1.88. The molecule has 0 saturated heterocycles. The molecule has 0 unspecified atom stereocenters. The van der Waals surface area contributed by atoms with Crippen molar-refractivity contribution in [2.45, 2.75) is 40.2 Å². The van der Waals surface area contributed by atoms with Crippen LogP contribution in [-0.4, -0.2) is 9.78 Å². The lowest BCUT2D eigenvalue weighted by atomic mass is 10.0. The quantitative estimate of drug-likeness (QED) is 0.928. The van der Waals surface area contributed by atoms with Crippen LogP contribution in [0.3, 0.4) is 0 Å². The number of hydrogen-bond donors (Lipinski definition) is 1. The summed E-state index contributed by atoms with van der Waals surface area (Å²) in [6, 6.07) is 6.30. The van der Waals surface area contributed by atoms with Gasteiger partial charge in [0.1, 0.15) is 5.75 Å². The maximum Gasteiger partial charge on any atom is 0.222 e. The number of nitrogens with zero attached hydrogens (tertiary/aromatic N) is 2. The smallest absolute Gasteiger partial charge is 0.222 e. The number of rotatable bonds is 4. The lowest BCUT2D eigenvalue weighted by molar-refractivity contribution is 0.419. The summed E-state index contributed by atoms with van der Waals surface area (Å²) in [5.74, 6) is 2.02. The van der Waals surface area contributed by atoms with Gasteiger partial charge in [0.25, 0.3) is 0 Å². The van der Waals surface area contributed by atoms with Crippen LogP contribution < -0.4 is 10.5 Å². The van der Waals surface area contributed by atoms with Gasteiger partial charge in [0.05, 0.1) is 11.3 Å². The van der Waals surface area contributed by atoms with Gasteiger partial charge >= 0.3 is 0 Å². The Kier molecular flexibility index (Phi) is 4.14. The van der Waals surface area contributed by atoms with Gasteiger partial charge in [-0.1, -0.05) is 26.0 Å². The number of aryl methyl sites for hydroxylation is 3. The molecular formula is C16H23N3O. The van der Waals surface area contributed by atoms with E-state index in [0.717, 1.165) is 22.9 Å². The molecule has 2 rings (SSSR count). The van der Waals surface area contributed by atoms with Crippen molar-refractivity contribution >= 4 is 0 Å². The highest BCUT2D eigenvalue weighted by Crippen LogP contribution is 2.33. The molecule has 2 N–H and O–H groups in total. The van der Waals surface area contributed by atoms with E-state index in [1.807, 2.05) is 14.0 Å². The number of ether oxygens (including phenoxy) is 1. The fourth-order valence-electron chi connectivity index (χ4n) is 2.35. The number of hydrogen-bond acceptors (Lipinski definition) is 3. The molecule has 0 aliphatic rings. The van der Waals surface area contributed by atoms with Crippen LogP contribution in [0.1, 0.15) is 42.1 Å². The molecule has 108 valence electrons. The van der Waals surface area contributed by atoms with E-state index < -0.39 is 0 Å². The zero-order valence-electron chi connectivity index (χ0n) is 12.9. The first-order valence-electron chi connectivity index (χ1n) is 6.95. The van der Waals surface area contributed by atoms with E-state index in [0.29, 0.717) is 12.5 Å². The van der Waals surface area contributed by atoms with E-state index in [1.54, 1.807) is 4.68 Å². The lowest BCUT2D eigenvalue weighted by Gasteiger charge is -2.15. The molecule has 20 heavy (non-hydrogen) atoms. The molecule has 0 radical (unpaired) electrons. The van der Waals surface area contributed by atoms with Crippen molar-refractivity contribution < 1.29 is 4.74 Å². The molecule has 0 spiro atoms. The zero-order chi connectivity index (χ0) is 14.9. The minimum Gasteiger partial charge on any atom is -0.439 e. The number of benzene rings is 1. The van der Waals surface area contributed by atoms with Crippen LogP contribution in [0, 0.1) is 13.8 Å². The minimum absolute atomic E-state index is 0.404. The Balaban J connectivity index is 2.47. The standard InChI is InChI=1S/C16H23N3O/c1-10(2)13-7-6-11(3)8-15(13)20-16-14(9-17)12(4)18-19(16)5/h6-8,10H,9,17H2,1-5H3. The summed E-state index contributed by atoms with van der Waals surface area (Å²) >= 11 is 0. The van der Waals surface area contributed by atoms with Crippen LogP contribution in [0.2, 0.25) is 0 Å². The van der Waals surface area contributed by atoms with Gasteiger partial charge in [-0.05, 0) is 37.0 Å². The summed E-state index contributed by atoms with van der Waals surface area (Å²) < 4.78 is 7.90. The highest BCUT2D eigenvalue weighted by molar-refractivity contribution is 5.43. The van der Waals surface area contributed by atoms with Crippen molar-refractivity contribution in [1.82, 2.24) is 9.78 Å². The summed E-state index contributed by atoms with van der Waals surface area (Å²) in [6.07, 6.45) is 0. The van der Waals surface area contributed by atoms with E-state index >= 15 is 0 Å². The van der Waals surface area contributed by atoms with E-state index in [9.17, 15) is 0 Å². The Morgan fingerprint density at radius 2 is 2.00 bits per heavy atom. The van der Waals surface area contributed by atoms with Gasteiger partial charge < -0.3 is 10.5 Å². The third kappa shape index (κ3) is 2.70. The second-order valence-electron chi connectivity index (χ2n) is 5.49. The average molecular weight is 273 g/mol. The van der Waals surface area contributed by atoms with Crippen molar-refractivity contribution in [3.05, 3.63) is 40.6 Å². The van der Waals surface area contributed by atoms with Crippen LogP contribution in [0.5, 0.6) is 11.6 Å². The van der Waals surface area contributed by atoms with E-state index in [2.05, 4.69) is 44.1 Å². The highest BCUT2D eigenvalue weighted by atomic mass is 16.5. The van der Waals surface area contributed by atoms with Gasteiger partial charge in [-0.15, -0.1) is 0 Å². The molecule has 1 aromatic heterocycles. The van der Waals surface area contributed by atoms with Crippen molar-refractivity contribution in [3.8, 4) is 11.6 Å². The maximum atomic E-state index is 6.15. The van der Waals surface area contributed by atoms with Crippen LogP contribution in [0.15, 0.2) is 18.2 Å². The molecule has 4 heteroatoms. The Bertz CT molecular complexity index is 614. The molecule has 0 fully saturated rings. The highest BCUT2D eigenvalue weighted by Gasteiger charge is 2.16. The summed E-state index contributed by atoms with van der Waals surface area (Å²) in [6.45, 7) is 8.77. The predicted molar refractivity (Wildman–Crippen MR) is 81.2 cm³/mol. The molecule has 0 amide bonds. The van der Waals surface area contributed by atoms with Gasteiger partial charge in [0.15, 0.2) is 0 Å². The van der Waals surface area contributed by atoms with E-state index in [4.69, 9.17) is 10.5 Å². The topological polar surface area (TPSA) is 53.1 Å². The number of aromatic nitrogens is 2. The normalized spacial score (nSPS) is 11.2. The molecule has 4 nitrogen and oxygen atoms in total. The monoisotopic (exact) mass is 273 g/mol. The van der Waals surface area contributed by atoms with E-state index in [-0.39, 0.29) is 0 Å². The van der Waals surface area contributed by atoms with Gasteiger partial charge in [0, 0.05) is 13.6 Å². The minimum atomic E-state index is 0.404. The predicted octanol–water partition coefficient (Wildman–Crippen LogP) is 3.41. The first kappa shape index (κ1) is 14.6. The van der Waals surface area contributed by atoms with Gasteiger partial charge in [-0.2, -0.15) is 5.10 Å². The van der Waals surface area contributed by atoms with Crippen LogP contribution in [0.4, 0.5) is 0 Å². The third-order valence-corrected chi connectivity index (χ3v) is 3.49. The Hall–Kier alpha value is -1.81. The van der Waals surface area contributed by atoms with E-state index in [1.165, 1.54) is 11.1 Å². The largest absolute Gasteiger partial charge is 0.439 e. The lowest BCUT2D eigenvalue weighted by Crippen LogP contribution is -2.03. The SMILES string of the molecule is Cc1ccc(C(C)C)c(Oc2c(CN)c(C)nn2C)c1. The Morgan fingerprint density at radius 3 is 2.60 bits per heavy atom. The van der Waals surface area contributed by atoms with Gasteiger partial charge in [-0.3, -0.25) is 0 Å². The fourth-order valence-corrected chi connectivity index (χ4v) is 2.35. The van der Waals surface area contributed by atoms with Crippen LogP contribution in [-0.2, 0) is 13.6 Å². The first-order valence-corrected chi connectivity index (χ1v) is 6.95. The van der Waals surface area contributed by atoms with Gasteiger partial charge in [0.2, 0.25) is 5.88 Å². The molecule has 0 atom stereocenters. The van der Waals surface area contributed by atoms with Crippen LogP contribution in [0.25, 0.3) is 0 Å². The number of nitrogens with two attached hydrogens (primary N) is 1. The van der Waals surface area contributed by atoms with Crippen molar-refractivity contribution in [1.29, 1.82) is 0 Å². The molecule has 0 aliphatic carbocycles.